The number of hydrogen-bond donors (Lipinski definition) is 3. The standard InChI is InChI=1S/C19H18N2O4/c1-11(20)17(14-6-7-15-16(10-14)25-9-8-24-15)18(21)12-2-4-13(5-3-12)19(22)23/h2-7,10,21H,8-9,20H2,1H3,(H,22,23)/b17-11-,21-18?. The summed E-state index contributed by atoms with van der Waals surface area (Å²) in [5.74, 6) is 0.286. The number of hydrogen-bond acceptors (Lipinski definition) is 5. The third-order valence-electron chi connectivity index (χ3n) is 3.90. The quantitative estimate of drug-likeness (QED) is 0.743. The first-order valence-electron chi connectivity index (χ1n) is 7.76. The van der Waals surface area contributed by atoms with Gasteiger partial charge in [0.2, 0.25) is 0 Å². The van der Waals surface area contributed by atoms with Crippen molar-refractivity contribution in [2.75, 3.05) is 13.2 Å². The number of fused-ring (bicyclic) bond motifs is 1. The summed E-state index contributed by atoms with van der Waals surface area (Å²) < 4.78 is 11.1. The Morgan fingerprint density at radius 2 is 1.56 bits per heavy atom. The molecular formula is C19H18N2O4. The normalized spacial score (nSPS) is 13.8. The lowest BCUT2D eigenvalue weighted by molar-refractivity contribution is 0.0697. The Kier molecular flexibility index (Phi) is 4.43. The summed E-state index contributed by atoms with van der Waals surface area (Å²) in [4.78, 5) is 11.0. The van der Waals surface area contributed by atoms with E-state index < -0.39 is 5.97 Å². The van der Waals surface area contributed by atoms with Crippen molar-refractivity contribution in [2.45, 2.75) is 6.92 Å². The van der Waals surface area contributed by atoms with Gasteiger partial charge in [-0.3, -0.25) is 5.41 Å². The fourth-order valence-corrected chi connectivity index (χ4v) is 2.69. The maximum atomic E-state index is 11.0. The van der Waals surface area contributed by atoms with Gasteiger partial charge in [0.15, 0.2) is 11.5 Å². The Balaban J connectivity index is 1.98. The minimum absolute atomic E-state index is 0.172. The molecule has 6 heteroatoms. The van der Waals surface area contributed by atoms with E-state index in [1.165, 1.54) is 12.1 Å². The van der Waals surface area contributed by atoms with Crippen molar-refractivity contribution in [3.05, 3.63) is 64.9 Å². The summed E-state index contributed by atoms with van der Waals surface area (Å²) >= 11 is 0. The molecule has 1 aliphatic rings. The number of nitrogens with one attached hydrogen (secondary N) is 1. The van der Waals surface area contributed by atoms with Crippen molar-refractivity contribution in [1.82, 2.24) is 0 Å². The second-order valence-electron chi connectivity index (χ2n) is 5.67. The van der Waals surface area contributed by atoms with E-state index in [-0.39, 0.29) is 11.3 Å². The van der Waals surface area contributed by atoms with Crippen LogP contribution in [0.4, 0.5) is 0 Å². The van der Waals surface area contributed by atoms with Gasteiger partial charge in [-0.15, -0.1) is 0 Å². The Hall–Kier alpha value is -3.28. The van der Waals surface area contributed by atoms with E-state index in [1.54, 1.807) is 31.2 Å². The van der Waals surface area contributed by atoms with E-state index >= 15 is 0 Å². The van der Waals surface area contributed by atoms with Gasteiger partial charge in [0, 0.05) is 16.8 Å². The highest BCUT2D eigenvalue weighted by molar-refractivity contribution is 6.31. The molecule has 0 saturated heterocycles. The van der Waals surface area contributed by atoms with Crippen LogP contribution >= 0.6 is 0 Å². The summed E-state index contributed by atoms with van der Waals surface area (Å²) in [6, 6.07) is 11.6. The second-order valence-corrected chi connectivity index (χ2v) is 5.67. The molecule has 4 N–H and O–H groups in total. The van der Waals surface area contributed by atoms with Gasteiger partial charge in [0.1, 0.15) is 13.2 Å². The Bertz CT molecular complexity index is 865. The summed E-state index contributed by atoms with van der Waals surface area (Å²) in [6.07, 6.45) is 0. The molecular weight excluding hydrogens is 320 g/mol. The number of allylic oxidation sites excluding steroid dienone is 2. The lowest BCUT2D eigenvalue weighted by atomic mass is 9.93. The van der Waals surface area contributed by atoms with Crippen LogP contribution in [-0.2, 0) is 0 Å². The third-order valence-corrected chi connectivity index (χ3v) is 3.90. The largest absolute Gasteiger partial charge is 0.486 e. The van der Waals surface area contributed by atoms with Crippen LogP contribution in [0.5, 0.6) is 11.5 Å². The maximum Gasteiger partial charge on any atom is 0.335 e. The van der Waals surface area contributed by atoms with E-state index in [0.717, 1.165) is 5.56 Å². The molecule has 1 aliphatic heterocycles. The maximum absolute atomic E-state index is 11.0. The van der Waals surface area contributed by atoms with Gasteiger partial charge in [0.25, 0.3) is 0 Å². The monoisotopic (exact) mass is 338 g/mol. The minimum Gasteiger partial charge on any atom is -0.486 e. The molecule has 2 aromatic rings. The van der Waals surface area contributed by atoms with Gasteiger partial charge in [-0.2, -0.15) is 0 Å². The molecule has 0 amide bonds. The molecule has 128 valence electrons. The number of rotatable bonds is 4. The van der Waals surface area contributed by atoms with Crippen LogP contribution in [0.3, 0.4) is 0 Å². The van der Waals surface area contributed by atoms with Crippen LogP contribution in [0.15, 0.2) is 48.2 Å². The van der Waals surface area contributed by atoms with Gasteiger partial charge in [-0.1, -0.05) is 18.2 Å². The summed E-state index contributed by atoms with van der Waals surface area (Å²) in [7, 11) is 0. The van der Waals surface area contributed by atoms with Crippen LogP contribution < -0.4 is 15.2 Å². The Morgan fingerprint density at radius 1 is 1.00 bits per heavy atom. The van der Waals surface area contributed by atoms with E-state index in [9.17, 15) is 4.79 Å². The molecule has 0 saturated carbocycles. The number of nitrogens with two attached hydrogens (primary N) is 1. The van der Waals surface area contributed by atoms with Crippen molar-refractivity contribution in [1.29, 1.82) is 5.41 Å². The summed E-state index contributed by atoms with van der Waals surface area (Å²) in [5.41, 5.74) is 8.81. The van der Waals surface area contributed by atoms with Gasteiger partial charge < -0.3 is 20.3 Å². The number of benzene rings is 2. The van der Waals surface area contributed by atoms with Crippen LogP contribution in [0.25, 0.3) is 5.57 Å². The van der Waals surface area contributed by atoms with Crippen LogP contribution in [-0.4, -0.2) is 30.0 Å². The average Bonchev–Trinajstić information content (AvgIpc) is 2.61. The molecule has 0 aliphatic carbocycles. The Morgan fingerprint density at radius 3 is 2.16 bits per heavy atom. The van der Waals surface area contributed by atoms with Gasteiger partial charge in [-0.25, -0.2) is 4.79 Å². The lowest BCUT2D eigenvalue weighted by Gasteiger charge is -2.20. The van der Waals surface area contributed by atoms with Crippen molar-refractivity contribution in [3.63, 3.8) is 0 Å². The predicted molar refractivity (Wildman–Crippen MR) is 94.4 cm³/mol. The minimum atomic E-state index is -1.00. The van der Waals surface area contributed by atoms with E-state index in [1.807, 2.05) is 6.07 Å². The van der Waals surface area contributed by atoms with Gasteiger partial charge in [0.05, 0.1) is 11.3 Å². The molecule has 0 aromatic heterocycles. The fourth-order valence-electron chi connectivity index (χ4n) is 2.69. The summed E-state index contributed by atoms with van der Waals surface area (Å²) in [5, 5.41) is 17.5. The number of carboxylic acid groups (broad SMARTS) is 1. The average molecular weight is 338 g/mol. The zero-order valence-electron chi connectivity index (χ0n) is 13.7. The topological polar surface area (TPSA) is 106 Å². The number of aromatic carboxylic acids is 1. The van der Waals surface area contributed by atoms with Crippen LogP contribution in [0, 0.1) is 5.41 Å². The molecule has 25 heavy (non-hydrogen) atoms. The summed E-state index contributed by atoms with van der Waals surface area (Å²) in [6.45, 7) is 2.72. The van der Waals surface area contributed by atoms with Crippen molar-refractivity contribution < 1.29 is 19.4 Å². The molecule has 6 nitrogen and oxygen atoms in total. The lowest BCUT2D eigenvalue weighted by Crippen LogP contribution is -2.16. The second kappa shape index (κ2) is 6.68. The number of ether oxygens (including phenoxy) is 2. The first-order valence-corrected chi connectivity index (χ1v) is 7.76. The molecule has 2 aromatic carbocycles. The number of carboxylic acids is 1. The highest BCUT2D eigenvalue weighted by Crippen LogP contribution is 2.34. The van der Waals surface area contributed by atoms with Gasteiger partial charge in [-0.05, 0) is 36.8 Å². The highest BCUT2D eigenvalue weighted by Gasteiger charge is 2.18. The highest BCUT2D eigenvalue weighted by atomic mass is 16.6. The molecule has 0 unspecified atom stereocenters. The zero-order chi connectivity index (χ0) is 18.0. The first-order chi connectivity index (χ1) is 12.0. The van der Waals surface area contributed by atoms with Crippen LogP contribution in [0.2, 0.25) is 0 Å². The molecule has 1 heterocycles. The van der Waals surface area contributed by atoms with Crippen molar-refractivity contribution in [3.8, 4) is 11.5 Å². The predicted octanol–water partition coefficient (Wildman–Crippen LogP) is 2.91. The van der Waals surface area contributed by atoms with Crippen molar-refractivity contribution >= 4 is 17.3 Å². The smallest absolute Gasteiger partial charge is 0.335 e. The molecule has 0 bridgehead atoms. The van der Waals surface area contributed by atoms with Crippen LogP contribution in [0.1, 0.15) is 28.4 Å². The van der Waals surface area contributed by atoms with Crippen molar-refractivity contribution in [2.24, 2.45) is 5.73 Å². The molecule has 0 spiro atoms. The fraction of sp³-hybridized carbons (Fsp3) is 0.158. The molecule has 3 rings (SSSR count). The molecule has 0 radical (unpaired) electrons. The van der Waals surface area contributed by atoms with E-state index in [4.69, 9.17) is 25.7 Å². The third kappa shape index (κ3) is 3.33. The number of carbonyl (C=O) groups is 1. The zero-order valence-corrected chi connectivity index (χ0v) is 13.7. The first kappa shape index (κ1) is 16.6. The SMILES string of the molecule is C/C(N)=C(/C(=N)c1ccc(C(=O)O)cc1)c1ccc2c(c1)OCCO2. The van der Waals surface area contributed by atoms with Gasteiger partial charge >= 0.3 is 5.97 Å². The Labute approximate surface area is 145 Å². The van der Waals surface area contributed by atoms with E-state index in [2.05, 4.69) is 0 Å². The van der Waals surface area contributed by atoms with E-state index in [0.29, 0.717) is 41.5 Å². The molecule has 0 atom stereocenters. The molecule has 0 fully saturated rings.